The zero-order chi connectivity index (χ0) is 20.1. The van der Waals surface area contributed by atoms with Crippen LogP contribution in [-0.2, 0) is 6.42 Å². The minimum atomic E-state index is -1.02. The van der Waals surface area contributed by atoms with Crippen LogP contribution in [0.4, 0.5) is 17.6 Å². The average molecular weight is 390 g/mol. The fourth-order valence-electron chi connectivity index (χ4n) is 4.05. The Kier molecular flexibility index (Phi) is 4.02. The van der Waals surface area contributed by atoms with Gasteiger partial charge >= 0.3 is 0 Å². The first-order chi connectivity index (χ1) is 14.0. The standard InChI is InChI=1S/C25H14F4/c26-22-9-3-7-17(24(22)28)20-12-15-11-14-5-1-2-6-16(14)19(15)13-21(20)18-8-4-10-23(27)25(18)29/h1-10,12-13H,11H2. The van der Waals surface area contributed by atoms with E-state index in [-0.39, 0.29) is 11.1 Å². The highest BCUT2D eigenvalue weighted by molar-refractivity contribution is 5.91. The van der Waals surface area contributed by atoms with Crippen LogP contribution in [0, 0.1) is 23.3 Å². The number of hydrogen-bond donors (Lipinski definition) is 0. The second-order valence-electron chi connectivity index (χ2n) is 7.09. The second-order valence-corrected chi connectivity index (χ2v) is 7.09. The van der Waals surface area contributed by atoms with E-state index in [1.807, 2.05) is 24.3 Å². The van der Waals surface area contributed by atoms with Crippen molar-refractivity contribution in [3.8, 4) is 33.4 Å². The lowest BCUT2D eigenvalue weighted by atomic mass is 9.89. The van der Waals surface area contributed by atoms with Gasteiger partial charge in [0, 0.05) is 11.1 Å². The summed E-state index contributed by atoms with van der Waals surface area (Å²) in [5.41, 5.74) is 4.61. The van der Waals surface area contributed by atoms with Crippen LogP contribution < -0.4 is 0 Å². The third-order valence-corrected chi connectivity index (χ3v) is 5.42. The first-order valence-corrected chi connectivity index (χ1v) is 9.18. The number of halogens is 4. The van der Waals surface area contributed by atoms with Gasteiger partial charge in [-0.2, -0.15) is 0 Å². The van der Waals surface area contributed by atoms with Gasteiger partial charge in [-0.25, -0.2) is 17.6 Å². The molecule has 142 valence electrons. The molecule has 0 N–H and O–H groups in total. The molecule has 0 aliphatic heterocycles. The minimum Gasteiger partial charge on any atom is -0.204 e. The smallest absolute Gasteiger partial charge is 0.166 e. The predicted octanol–water partition coefficient (Wildman–Crippen LogP) is 7.15. The van der Waals surface area contributed by atoms with Gasteiger partial charge in [-0.05, 0) is 64.1 Å². The zero-order valence-corrected chi connectivity index (χ0v) is 15.1. The summed E-state index contributed by atoms with van der Waals surface area (Å²) in [4.78, 5) is 0. The van der Waals surface area contributed by atoms with Crippen molar-refractivity contribution in [1.82, 2.24) is 0 Å². The molecule has 1 aliphatic carbocycles. The monoisotopic (exact) mass is 390 g/mol. The van der Waals surface area contributed by atoms with Crippen LogP contribution in [0.1, 0.15) is 11.1 Å². The molecule has 4 aromatic rings. The fraction of sp³-hybridized carbons (Fsp3) is 0.0400. The van der Waals surface area contributed by atoms with Crippen LogP contribution >= 0.6 is 0 Å². The molecule has 0 nitrogen and oxygen atoms in total. The Hall–Kier alpha value is -3.40. The quantitative estimate of drug-likeness (QED) is 0.281. The molecule has 0 aromatic heterocycles. The average Bonchev–Trinajstić information content (AvgIpc) is 3.09. The van der Waals surface area contributed by atoms with E-state index < -0.39 is 23.3 Å². The maximum atomic E-state index is 14.7. The SMILES string of the molecule is Fc1cccc(-c2cc3c(cc2-c2cccc(F)c2F)-c2ccccc2C3)c1F. The summed E-state index contributed by atoms with van der Waals surface area (Å²) in [6.07, 6.45) is 0.640. The van der Waals surface area contributed by atoms with Crippen molar-refractivity contribution in [2.45, 2.75) is 6.42 Å². The molecule has 0 spiro atoms. The van der Waals surface area contributed by atoms with Gasteiger partial charge in [0.05, 0.1) is 0 Å². The minimum absolute atomic E-state index is 0.0100. The maximum absolute atomic E-state index is 14.7. The van der Waals surface area contributed by atoms with Crippen molar-refractivity contribution in [3.63, 3.8) is 0 Å². The highest BCUT2D eigenvalue weighted by atomic mass is 19.2. The third-order valence-electron chi connectivity index (χ3n) is 5.42. The number of benzene rings is 4. The Morgan fingerprint density at radius 1 is 0.448 bits per heavy atom. The van der Waals surface area contributed by atoms with Crippen LogP contribution in [-0.4, -0.2) is 0 Å². The molecule has 0 heterocycles. The van der Waals surface area contributed by atoms with E-state index in [0.717, 1.165) is 34.4 Å². The van der Waals surface area contributed by atoms with Crippen molar-refractivity contribution in [2.24, 2.45) is 0 Å². The zero-order valence-electron chi connectivity index (χ0n) is 15.1. The third kappa shape index (κ3) is 2.75. The first kappa shape index (κ1) is 17.7. The largest absolute Gasteiger partial charge is 0.204 e. The molecule has 0 atom stereocenters. The van der Waals surface area contributed by atoms with E-state index in [1.54, 1.807) is 12.1 Å². The van der Waals surface area contributed by atoms with Gasteiger partial charge in [0.25, 0.3) is 0 Å². The van der Waals surface area contributed by atoms with Gasteiger partial charge in [0.15, 0.2) is 23.3 Å². The Labute approximate surface area is 165 Å². The molecule has 0 saturated carbocycles. The molecular weight excluding hydrogens is 376 g/mol. The van der Waals surface area contributed by atoms with Crippen LogP contribution in [0.3, 0.4) is 0 Å². The first-order valence-electron chi connectivity index (χ1n) is 9.18. The maximum Gasteiger partial charge on any atom is 0.166 e. The Bertz CT molecular complexity index is 1270. The molecule has 1 aliphatic rings. The normalized spacial score (nSPS) is 12.0. The summed E-state index contributed by atoms with van der Waals surface area (Å²) >= 11 is 0. The van der Waals surface area contributed by atoms with Gasteiger partial charge in [0.1, 0.15) is 0 Å². The second kappa shape index (κ2) is 6.59. The summed E-state index contributed by atoms with van der Waals surface area (Å²) < 4.78 is 57.2. The van der Waals surface area contributed by atoms with Crippen molar-refractivity contribution >= 4 is 0 Å². The molecule has 5 rings (SSSR count). The lowest BCUT2D eigenvalue weighted by molar-refractivity contribution is 0.510. The molecule has 4 aromatic carbocycles. The van der Waals surface area contributed by atoms with E-state index in [2.05, 4.69) is 0 Å². The number of fused-ring (bicyclic) bond motifs is 3. The molecule has 0 unspecified atom stereocenters. The summed E-state index contributed by atoms with van der Waals surface area (Å²) in [5, 5.41) is 0. The van der Waals surface area contributed by atoms with E-state index in [9.17, 15) is 17.6 Å². The van der Waals surface area contributed by atoms with E-state index >= 15 is 0 Å². The molecule has 0 amide bonds. The molecule has 0 radical (unpaired) electrons. The van der Waals surface area contributed by atoms with Gasteiger partial charge in [-0.3, -0.25) is 0 Å². The van der Waals surface area contributed by atoms with E-state index in [1.165, 1.54) is 24.3 Å². The Morgan fingerprint density at radius 2 is 1.00 bits per heavy atom. The lowest BCUT2D eigenvalue weighted by Crippen LogP contribution is -1.97. The van der Waals surface area contributed by atoms with Crippen LogP contribution in [0.15, 0.2) is 72.8 Å². The molecule has 0 fully saturated rings. The lowest BCUT2D eigenvalue weighted by Gasteiger charge is -2.15. The molecule has 0 bridgehead atoms. The molecule has 29 heavy (non-hydrogen) atoms. The van der Waals surface area contributed by atoms with Gasteiger partial charge in [-0.1, -0.05) is 48.5 Å². The summed E-state index contributed by atoms with van der Waals surface area (Å²) in [7, 11) is 0. The molecule has 4 heteroatoms. The summed E-state index contributed by atoms with van der Waals surface area (Å²) in [6.45, 7) is 0. The van der Waals surface area contributed by atoms with Crippen LogP contribution in [0.5, 0.6) is 0 Å². The highest BCUT2D eigenvalue weighted by Crippen LogP contribution is 2.44. The number of hydrogen-bond acceptors (Lipinski definition) is 0. The van der Waals surface area contributed by atoms with Gasteiger partial charge in [-0.15, -0.1) is 0 Å². The van der Waals surface area contributed by atoms with Crippen LogP contribution in [0.25, 0.3) is 33.4 Å². The van der Waals surface area contributed by atoms with E-state index in [0.29, 0.717) is 17.5 Å². The van der Waals surface area contributed by atoms with Crippen molar-refractivity contribution in [2.75, 3.05) is 0 Å². The van der Waals surface area contributed by atoms with Crippen LogP contribution in [0.2, 0.25) is 0 Å². The Balaban J connectivity index is 1.85. The number of rotatable bonds is 2. The van der Waals surface area contributed by atoms with Crippen molar-refractivity contribution in [3.05, 3.63) is 107 Å². The molecular formula is C25H14F4. The van der Waals surface area contributed by atoms with Gasteiger partial charge in [0.2, 0.25) is 0 Å². The Morgan fingerprint density at radius 3 is 1.66 bits per heavy atom. The highest BCUT2D eigenvalue weighted by Gasteiger charge is 2.24. The van der Waals surface area contributed by atoms with Crippen molar-refractivity contribution in [1.29, 1.82) is 0 Å². The predicted molar refractivity (Wildman–Crippen MR) is 105 cm³/mol. The summed E-state index contributed by atoms with van der Waals surface area (Å²) in [5.74, 6) is -4.01. The fourth-order valence-corrected chi connectivity index (χ4v) is 4.05. The van der Waals surface area contributed by atoms with Crippen molar-refractivity contribution < 1.29 is 17.6 Å². The topological polar surface area (TPSA) is 0 Å². The molecule has 0 saturated heterocycles. The van der Waals surface area contributed by atoms with E-state index in [4.69, 9.17) is 0 Å². The van der Waals surface area contributed by atoms with Gasteiger partial charge < -0.3 is 0 Å². The summed E-state index contributed by atoms with van der Waals surface area (Å²) in [6, 6.07) is 19.1.